The zero-order valence-corrected chi connectivity index (χ0v) is 10.5. The minimum atomic E-state index is 0.108. The van der Waals surface area contributed by atoms with Crippen LogP contribution >= 0.6 is 7.92 Å². The van der Waals surface area contributed by atoms with E-state index in [4.69, 9.17) is 0 Å². The summed E-state index contributed by atoms with van der Waals surface area (Å²) in [7, 11) is 0.108. The van der Waals surface area contributed by atoms with Crippen LogP contribution in [0, 0.1) is 5.92 Å². The molecule has 0 amide bonds. The molecule has 82 valence electrons. The smallest absolute Gasteiger partial charge is 0.0243 e. The zero-order valence-electron chi connectivity index (χ0n) is 9.65. The molecule has 0 spiro atoms. The van der Waals surface area contributed by atoms with Crippen molar-refractivity contribution in [1.82, 2.24) is 0 Å². The Balaban J connectivity index is 1.79. The molecule has 1 aliphatic carbocycles. The van der Waals surface area contributed by atoms with Crippen molar-refractivity contribution in [3.8, 4) is 0 Å². The standard InChI is InChI=1S/C14H21P/c1-15(14-9-3-2-4-10-14)12-11-13-7-5-6-8-13/h2-4,9-10,13H,5-8,11-12H2,1H3. The lowest BCUT2D eigenvalue weighted by Crippen LogP contribution is -2.04. The lowest BCUT2D eigenvalue weighted by molar-refractivity contribution is 0.534. The van der Waals surface area contributed by atoms with Crippen LogP contribution < -0.4 is 5.30 Å². The van der Waals surface area contributed by atoms with Crippen LogP contribution in [0.5, 0.6) is 0 Å². The monoisotopic (exact) mass is 220 g/mol. The summed E-state index contributed by atoms with van der Waals surface area (Å²) in [6, 6.07) is 11.0. The van der Waals surface area contributed by atoms with Gasteiger partial charge in [-0.3, -0.25) is 0 Å². The molecule has 1 heteroatoms. The Morgan fingerprint density at radius 1 is 1.13 bits per heavy atom. The van der Waals surface area contributed by atoms with Gasteiger partial charge in [-0.15, -0.1) is 0 Å². The van der Waals surface area contributed by atoms with Crippen LogP contribution in [0.2, 0.25) is 0 Å². The fourth-order valence-corrected chi connectivity index (χ4v) is 4.18. The summed E-state index contributed by atoms with van der Waals surface area (Å²) in [5, 5.41) is 1.57. The Morgan fingerprint density at radius 2 is 1.80 bits per heavy atom. The van der Waals surface area contributed by atoms with Crippen LogP contribution in [-0.2, 0) is 0 Å². The third-order valence-electron chi connectivity index (χ3n) is 3.54. The van der Waals surface area contributed by atoms with Crippen molar-refractivity contribution >= 4 is 13.2 Å². The number of hydrogen-bond donors (Lipinski definition) is 0. The fraction of sp³-hybridized carbons (Fsp3) is 0.571. The second-order valence-electron chi connectivity index (χ2n) is 4.70. The molecule has 15 heavy (non-hydrogen) atoms. The van der Waals surface area contributed by atoms with E-state index in [1.54, 1.807) is 5.30 Å². The molecule has 0 bridgehead atoms. The van der Waals surface area contributed by atoms with Gasteiger partial charge in [0, 0.05) is 0 Å². The third-order valence-corrected chi connectivity index (χ3v) is 5.65. The van der Waals surface area contributed by atoms with Crippen LogP contribution in [0.3, 0.4) is 0 Å². The topological polar surface area (TPSA) is 0 Å². The van der Waals surface area contributed by atoms with E-state index in [9.17, 15) is 0 Å². The van der Waals surface area contributed by atoms with Gasteiger partial charge in [-0.2, -0.15) is 0 Å². The van der Waals surface area contributed by atoms with E-state index in [2.05, 4.69) is 37.0 Å². The predicted octanol–water partition coefficient (Wildman–Crippen LogP) is 4.00. The summed E-state index contributed by atoms with van der Waals surface area (Å²) >= 11 is 0. The van der Waals surface area contributed by atoms with Gasteiger partial charge in [0.15, 0.2) is 0 Å². The van der Waals surface area contributed by atoms with Gasteiger partial charge in [0.25, 0.3) is 0 Å². The van der Waals surface area contributed by atoms with E-state index in [0.717, 1.165) is 5.92 Å². The van der Waals surface area contributed by atoms with Gasteiger partial charge in [-0.25, -0.2) is 0 Å². The molecule has 1 atom stereocenters. The van der Waals surface area contributed by atoms with Crippen molar-refractivity contribution in [3.63, 3.8) is 0 Å². The molecule has 1 unspecified atom stereocenters. The van der Waals surface area contributed by atoms with Crippen molar-refractivity contribution in [2.24, 2.45) is 5.92 Å². The maximum absolute atomic E-state index is 2.43. The van der Waals surface area contributed by atoms with Crippen molar-refractivity contribution in [3.05, 3.63) is 30.3 Å². The summed E-state index contributed by atoms with van der Waals surface area (Å²) in [6.45, 7) is 2.43. The van der Waals surface area contributed by atoms with Crippen molar-refractivity contribution in [2.45, 2.75) is 32.1 Å². The number of rotatable bonds is 4. The quantitative estimate of drug-likeness (QED) is 0.673. The van der Waals surface area contributed by atoms with Crippen LogP contribution in [-0.4, -0.2) is 12.8 Å². The molecule has 0 aromatic heterocycles. The third kappa shape index (κ3) is 3.31. The van der Waals surface area contributed by atoms with E-state index < -0.39 is 0 Å². The second kappa shape index (κ2) is 5.66. The van der Waals surface area contributed by atoms with Crippen LogP contribution in [0.1, 0.15) is 32.1 Å². The maximum atomic E-state index is 2.43. The predicted molar refractivity (Wildman–Crippen MR) is 70.4 cm³/mol. The van der Waals surface area contributed by atoms with E-state index >= 15 is 0 Å². The molecular formula is C14H21P. The summed E-state index contributed by atoms with van der Waals surface area (Å²) in [6.07, 6.45) is 8.87. The first-order valence-electron chi connectivity index (χ1n) is 6.12. The van der Waals surface area contributed by atoms with Crippen LogP contribution in [0.25, 0.3) is 0 Å². The van der Waals surface area contributed by atoms with Crippen molar-refractivity contribution < 1.29 is 0 Å². The fourth-order valence-electron chi connectivity index (χ4n) is 2.49. The lowest BCUT2D eigenvalue weighted by Gasteiger charge is -2.15. The highest BCUT2D eigenvalue weighted by Gasteiger charge is 2.15. The average molecular weight is 220 g/mol. The van der Waals surface area contributed by atoms with E-state index in [1.165, 1.54) is 38.3 Å². The Kier molecular flexibility index (Phi) is 4.20. The molecule has 1 saturated carbocycles. The second-order valence-corrected chi connectivity index (χ2v) is 7.06. The summed E-state index contributed by atoms with van der Waals surface area (Å²) < 4.78 is 0. The molecule has 0 aliphatic heterocycles. The van der Waals surface area contributed by atoms with Crippen molar-refractivity contribution in [1.29, 1.82) is 0 Å². The molecule has 0 N–H and O–H groups in total. The highest BCUT2D eigenvalue weighted by atomic mass is 31.1. The first-order chi connectivity index (χ1) is 7.36. The van der Waals surface area contributed by atoms with Crippen LogP contribution in [0.4, 0.5) is 0 Å². The SMILES string of the molecule is CP(CCC1CCCC1)c1ccccc1. The molecule has 0 nitrogen and oxygen atoms in total. The molecule has 0 radical (unpaired) electrons. The number of benzene rings is 1. The summed E-state index contributed by atoms with van der Waals surface area (Å²) in [5.41, 5.74) is 0. The number of hydrogen-bond acceptors (Lipinski definition) is 0. The molecule has 2 rings (SSSR count). The largest absolute Gasteiger partial charge is 0.0785 e. The molecule has 1 aliphatic rings. The minimum Gasteiger partial charge on any atom is -0.0785 e. The van der Waals surface area contributed by atoms with Gasteiger partial charge in [0.05, 0.1) is 0 Å². The van der Waals surface area contributed by atoms with E-state index in [0.29, 0.717) is 0 Å². The van der Waals surface area contributed by atoms with Gasteiger partial charge < -0.3 is 0 Å². The normalized spacial score (nSPS) is 19.3. The molecule has 1 fully saturated rings. The summed E-state index contributed by atoms with van der Waals surface area (Å²) in [5.74, 6) is 1.05. The van der Waals surface area contributed by atoms with Gasteiger partial charge >= 0.3 is 0 Å². The first kappa shape index (κ1) is 11.1. The summed E-state index contributed by atoms with van der Waals surface area (Å²) in [4.78, 5) is 0. The van der Waals surface area contributed by atoms with Crippen LogP contribution in [0.15, 0.2) is 30.3 Å². The van der Waals surface area contributed by atoms with Gasteiger partial charge in [0.2, 0.25) is 0 Å². The van der Waals surface area contributed by atoms with Gasteiger partial charge in [-0.1, -0.05) is 63.9 Å². The van der Waals surface area contributed by atoms with Gasteiger partial charge in [-0.05, 0) is 30.5 Å². The Hall–Kier alpha value is -0.350. The van der Waals surface area contributed by atoms with Gasteiger partial charge in [0.1, 0.15) is 0 Å². The van der Waals surface area contributed by atoms with E-state index in [1.807, 2.05) is 0 Å². The molecular weight excluding hydrogens is 199 g/mol. The minimum absolute atomic E-state index is 0.108. The maximum Gasteiger partial charge on any atom is -0.0243 e. The molecule has 1 aromatic carbocycles. The Labute approximate surface area is 94.8 Å². The highest BCUT2D eigenvalue weighted by molar-refractivity contribution is 7.64. The molecule has 0 heterocycles. The van der Waals surface area contributed by atoms with E-state index in [-0.39, 0.29) is 7.92 Å². The Morgan fingerprint density at radius 3 is 2.47 bits per heavy atom. The first-order valence-corrected chi connectivity index (χ1v) is 8.10. The molecule has 1 aromatic rings. The average Bonchev–Trinajstić information content (AvgIpc) is 2.80. The Bertz CT molecular complexity index is 275. The lowest BCUT2D eigenvalue weighted by atomic mass is 10.1. The zero-order chi connectivity index (χ0) is 10.5. The molecule has 0 saturated heterocycles. The highest BCUT2D eigenvalue weighted by Crippen LogP contribution is 2.35. The van der Waals surface area contributed by atoms with Crippen molar-refractivity contribution in [2.75, 3.05) is 12.8 Å².